The van der Waals surface area contributed by atoms with E-state index >= 15 is 0 Å². The van der Waals surface area contributed by atoms with Crippen LogP contribution in [0, 0.1) is 6.92 Å². The highest BCUT2D eigenvalue weighted by Gasteiger charge is 2.23. The van der Waals surface area contributed by atoms with Crippen LogP contribution in [-0.2, 0) is 17.8 Å². The van der Waals surface area contributed by atoms with Crippen LogP contribution in [0.15, 0.2) is 36.4 Å². The molecule has 156 valence electrons. The van der Waals surface area contributed by atoms with Crippen LogP contribution in [0.4, 0.5) is 0 Å². The van der Waals surface area contributed by atoms with E-state index in [-0.39, 0.29) is 24.4 Å². The Balaban J connectivity index is 1.50. The van der Waals surface area contributed by atoms with Gasteiger partial charge in [0.15, 0.2) is 5.69 Å². The Morgan fingerprint density at radius 1 is 1.14 bits per heavy atom. The summed E-state index contributed by atoms with van der Waals surface area (Å²) in [6, 6.07) is 12.1. The summed E-state index contributed by atoms with van der Waals surface area (Å²) < 4.78 is 1.61. The normalized spacial score (nSPS) is 15.9. The first-order chi connectivity index (χ1) is 13.9. The number of hydrogen-bond acceptors (Lipinski definition) is 4. The van der Waals surface area contributed by atoms with Gasteiger partial charge in [-0.3, -0.25) is 14.3 Å². The molecule has 0 saturated carbocycles. The van der Waals surface area contributed by atoms with Gasteiger partial charge in [-0.1, -0.05) is 30.3 Å². The van der Waals surface area contributed by atoms with Crippen molar-refractivity contribution in [3.63, 3.8) is 0 Å². The lowest BCUT2D eigenvalue weighted by molar-refractivity contribution is -0.122. The van der Waals surface area contributed by atoms with Crippen molar-refractivity contribution in [3.8, 4) is 0 Å². The van der Waals surface area contributed by atoms with Gasteiger partial charge in [-0.2, -0.15) is 5.10 Å². The molecule has 0 radical (unpaired) electrons. The molecular weight excluding hydrogens is 366 g/mol. The first-order valence-corrected chi connectivity index (χ1v) is 10.3. The molecule has 0 bridgehead atoms. The number of likely N-dealkylation sites (N-methyl/N-ethyl adjacent to an activating group) is 1. The van der Waals surface area contributed by atoms with E-state index in [4.69, 9.17) is 0 Å². The predicted octanol–water partition coefficient (Wildman–Crippen LogP) is 1.72. The zero-order valence-corrected chi connectivity index (χ0v) is 17.6. The van der Waals surface area contributed by atoms with Crippen molar-refractivity contribution in [3.05, 3.63) is 53.3 Å². The second kappa shape index (κ2) is 9.69. The fourth-order valence-electron chi connectivity index (χ4n) is 3.50. The van der Waals surface area contributed by atoms with Crippen molar-refractivity contribution in [2.24, 2.45) is 0 Å². The summed E-state index contributed by atoms with van der Waals surface area (Å²) >= 11 is 0. The van der Waals surface area contributed by atoms with E-state index < -0.39 is 0 Å². The van der Waals surface area contributed by atoms with Crippen molar-refractivity contribution < 1.29 is 9.59 Å². The van der Waals surface area contributed by atoms with Gasteiger partial charge in [0.2, 0.25) is 5.91 Å². The maximum Gasteiger partial charge on any atom is 0.274 e. The molecule has 1 fully saturated rings. The van der Waals surface area contributed by atoms with Crippen LogP contribution in [0.1, 0.15) is 35.1 Å². The van der Waals surface area contributed by atoms with Gasteiger partial charge in [-0.25, -0.2) is 0 Å². The van der Waals surface area contributed by atoms with Gasteiger partial charge in [0.25, 0.3) is 5.91 Å². The average Bonchev–Trinajstić information content (AvgIpc) is 3.07. The molecule has 1 unspecified atom stereocenters. The van der Waals surface area contributed by atoms with Gasteiger partial charge in [-0.15, -0.1) is 0 Å². The van der Waals surface area contributed by atoms with Crippen LogP contribution in [0.3, 0.4) is 0 Å². The Labute approximate surface area is 172 Å². The molecule has 1 aliphatic rings. The Morgan fingerprint density at radius 2 is 1.83 bits per heavy atom. The second-order valence-corrected chi connectivity index (χ2v) is 7.92. The van der Waals surface area contributed by atoms with Crippen LogP contribution in [0.2, 0.25) is 0 Å². The number of amides is 2. The number of aryl methyl sites for hydroxylation is 2. The number of carbonyl (C=O) groups is 2. The van der Waals surface area contributed by atoms with Crippen molar-refractivity contribution in [2.75, 3.05) is 33.2 Å². The van der Waals surface area contributed by atoms with Crippen molar-refractivity contribution in [1.82, 2.24) is 24.9 Å². The van der Waals surface area contributed by atoms with Crippen LogP contribution in [0.5, 0.6) is 0 Å². The Kier molecular flexibility index (Phi) is 7.04. The minimum atomic E-state index is -0.0876. The minimum Gasteiger partial charge on any atom is -0.352 e. The van der Waals surface area contributed by atoms with Crippen LogP contribution in [-0.4, -0.2) is 70.7 Å². The summed E-state index contributed by atoms with van der Waals surface area (Å²) in [6.07, 6.45) is 1.80. The maximum atomic E-state index is 12.7. The van der Waals surface area contributed by atoms with Crippen LogP contribution >= 0.6 is 0 Å². The third-order valence-corrected chi connectivity index (χ3v) is 5.40. The number of carbonyl (C=O) groups excluding carboxylic acids is 2. The Hall–Kier alpha value is -2.67. The zero-order valence-electron chi connectivity index (χ0n) is 17.6. The van der Waals surface area contributed by atoms with Gasteiger partial charge in [0, 0.05) is 37.9 Å². The smallest absolute Gasteiger partial charge is 0.274 e. The van der Waals surface area contributed by atoms with E-state index in [2.05, 4.69) is 34.5 Å². The summed E-state index contributed by atoms with van der Waals surface area (Å²) in [5.41, 5.74) is 2.50. The molecule has 29 heavy (non-hydrogen) atoms. The molecule has 1 atom stereocenters. The average molecular weight is 398 g/mol. The molecule has 7 heteroatoms. The van der Waals surface area contributed by atoms with Gasteiger partial charge in [0.05, 0.1) is 0 Å². The summed E-state index contributed by atoms with van der Waals surface area (Å²) in [6.45, 7) is 7.17. The molecule has 0 spiro atoms. The van der Waals surface area contributed by atoms with Crippen LogP contribution in [0.25, 0.3) is 0 Å². The van der Waals surface area contributed by atoms with E-state index in [1.165, 1.54) is 5.56 Å². The highest BCUT2D eigenvalue weighted by atomic mass is 16.2. The summed E-state index contributed by atoms with van der Waals surface area (Å²) in [5.74, 6) is -0.146. The van der Waals surface area contributed by atoms with Crippen molar-refractivity contribution in [1.29, 1.82) is 0 Å². The maximum absolute atomic E-state index is 12.7. The van der Waals surface area contributed by atoms with Crippen LogP contribution < -0.4 is 5.32 Å². The molecule has 0 aliphatic carbocycles. The lowest BCUT2D eigenvalue weighted by Crippen LogP contribution is -2.47. The third-order valence-electron chi connectivity index (χ3n) is 5.40. The minimum absolute atomic E-state index is 0.0587. The van der Waals surface area contributed by atoms with E-state index in [0.717, 1.165) is 31.6 Å². The van der Waals surface area contributed by atoms with E-state index in [9.17, 15) is 9.59 Å². The summed E-state index contributed by atoms with van der Waals surface area (Å²) in [4.78, 5) is 29.2. The molecule has 2 aromatic rings. The number of nitrogens with one attached hydrogen (secondary N) is 1. The Bertz CT molecular complexity index is 825. The van der Waals surface area contributed by atoms with E-state index in [1.54, 1.807) is 10.7 Å². The van der Waals surface area contributed by atoms with Gasteiger partial charge < -0.3 is 15.1 Å². The molecule has 1 aromatic heterocycles. The predicted molar refractivity (Wildman–Crippen MR) is 113 cm³/mol. The third kappa shape index (κ3) is 5.90. The fraction of sp³-hybridized carbons (Fsp3) is 0.500. The molecule has 2 amide bonds. The molecule has 1 saturated heterocycles. The lowest BCUT2D eigenvalue weighted by atomic mass is 10.1. The van der Waals surface area contributed by atoms with Gasteiger partial charge in [-0.05, 0) is 45.4 Å². The van der Waals surface area contributed by atoms with Gasteiger partial charge in [0.1, 0.15) is 6.54 Å². The van der Waals surface area contributed by atoms with E-state index in [0.29, 0.717) is 18.8 Å². The Morgan fingerprint density at radius 3 is 2.52 bits per heavy atom. The number of nitrogens with zero attached hydrogens (tertiary/aromatic N) is 4. The monoisotopic (exact) mass is 397 g/mol. The summed E-state index contributed by atoms with van der Waals surface area (Å²) in [7, 11) is 2.06. The summed E-state index contributed by atoms with van der Waals surface area (Å²) in [5, 5.41) is 7.43. The van der Waals surface area contributed by atoms with E-state index in [1.807, 2.05) is 36.9 Å². The molecule has 1 N–H and O–H groups in total. The molecule has 2 heterocycles. The standard InChI is InChI=1S/C22H31N5O2/c1-17(9-10-19-7-5-4-6-8-19)23-21(28)16-27-18(2)15-20(24-27)22(29)26-13-11-25(3)12-14-26/h4-8,15,17H,9-14,16H2,1-3H3,(H,23,28). The highest BCUT2D eigenvalue weighted by Crippen LogP contribution is 2.10. The fourth-order valence-corrected chi connectivity index (χ4v) is 3.50. The first-order valence-electron chi connectivity index (χ1n) is 10.3. The van der Waals surface area contributed by atoms with Crippen molar-refractivity contribution >= 4 is 11.8 Å². The zero-order chi connectivity index (χ0) is 20.8. The number of benzene rings is 1. The molecule has 3 rings (SSSR count). The number of rotatable bonds is 7. The second-order valence-electron chi connectivity index (χ2n) is 7.92. The SMILES string of the molecule is Cc1cc(C(=O)N2CCN(C)CC2)nn1CC(=O)NC(C)CCc1ccccc1. The molecule has 1 aliphatic heterocycles. The number of hydrogen-bond donors (Lipinski definition) is 1. The molecule has 7 nitrogen and oxygen atoms in total. The highest BCUT2D eigenvalue weighted by molar-refractivity contribution is 5.92. The first kappa shape index (κ1) is 21.0. The molecule has 1 aromatic carbocycles. The van der Waals surface area contributed by atoms with Gasteiger partial charge >= 0.3 is 0 Å². The topological polar surface area (TPSA) is 70.5 Å². The lowest BCUT2D eigenvalue weighted by Gasteiger charge is -2.31. The quantitative estimate of drug-likeness (QED) is 0.772. The largest absolute Gasteiger partial charge is 0.352 e. The number of piperazine rings is 1. The molecular formula is C22H31N5O2. The van der Waals surface area contributed by atoms with Crippen molar-refractivity contribution in [2.45, 2.75) is 39.3 Å². The number of aromatic nitrogens is 2.